The second-order valence-corrected chi connectivity index (χ2v) is 6.66. The SMILES string of the molecule is CCCc1ccc(Oc2ccc(/C=C(/C(=O)O)c3ccc(OC)cc3)cc2)cc1. The number of ether oxygens (including phenoxy) is 2. The number of carboxylic acids is 1. The maximum atomic E-state index is 11.7. The molecule has 0 saturated carbocycles. The maximum Gasteiger partial charge on any atom is 0.336 e. The van der Waals surface area contributed by atoms with E-state index in [2.05, 4.69) is 19.1 Å². The fraction of sp³-hybridized carbons (Fsp3) is 0.160. The summed E-state index contributed by atoms with van der Waals surface area (Å²) in [5, 5.41) is 9.60. The molecule has 148 valence electrons. The lowest BCUT2D eigenvalue weighted by Gasteiger charge is -2.08. The van der Waals surface area contributed by atoms with Crippen LogP contribution in [0.25, 0.3) is 11.6 Å². The van der Waals surface area contributed by atoms with Crippen molar-refractivity contribution in [1.82, 2.24) is 0 Å². The van der Waals surface area contributed by atoms with Gasteiger partial charge >= 0.3 is 5.97 Å². The monoisotopic (exact) mass is 388 g/mol. The quantitative estimate of drug-likeness (QED) is 0.376. The average molecular weight is 388 g/mol. The zero-order valence-corrected chi connectivity index (χ0v) is 16.6. The van der Waals surface area contributed by atoms with Gasteiger partial charge in [0.1, 0.15) is 17.2 Å². The maximum absolute atomic E-state index is 11.7. The van der Waals surface area contributed by atoms with Crippen LogP contribution in [0.4, 0.5) is 0 Å². The van der Waals surface area contributed by atoms with Crippen LogP contribution in [-0.2, 0) is 11.2 Å². The highest BCUT2D eigenvalue weighted by molar-refractivity contribution is 6.20. The van der Waals surface area contributed by atoms with Crippen LogP contribution in [0.2, 0.25) is 0 Å². The summed E-state index contributed by atoms with van der Waals surface area (Å²) in [6, 6.07) is 22.4. The van der Waals surface area contributed by atoms with Gasteiger partial charge in [0.2, 0.25) is 0 Å². The number of carbonyl (C=O) groups is 1. The van der Waals surface area contributed by atoms with Crippen molar-refractivity contribution in [3.05, 3.63) is 89.5 Å². The van der Waals surface area contributed by atoms with Crippen molar-refractivity contribution in [2.45, 2.75) is 19.8 Å². The van der Waals surface area contributed by atoms with E-state index in [0.717, 1.165) is 24.2 Å². The van der Waals surface area contributed by atoms with Crippen molar-refractivity contribution in [2.75, 3.05) is 7.11 Å². The van der Waals surface area contributed by atoms with Gasteiger partial charge in [-0.25, -0.2) is 4.79 Å². The smallest absolute Gasteiger partial charge is 0.336 e. The molecule has 0 aliphatic rings. The van der Waals surface area contributed by atoms with Crippen LogP contribution < -0.4 is 9.47 Å². The molecule has 29 heavy (non-hydrogen) atoms. The second-order valence-electron chi connectivity index (χ2n) is 6.66. The molecule has 4 heteroatoms. The van der Waals surface area contributed by atoms with Gasteiger partial charge in [-0.2, -0.15) is 0 Å². The Bertz CT molecular complexity index is 969. The fourth-order valence-corrected chi connectivity index (χ4v) is 2.99. The third-order valence-corrected chi connectivity index (χ3v) is 4.52. The topological polar surface area (TPSA) is 55.8 Å². The van der Waals surface area contributed by atoms with Gasteiger partial charge in [0.25, 0.3) is 0 Å². The minimum atomic E-state index is -0.984. The lowest BCUT2D eigenvalue weighted by atomic mass is 10.0. The van der Waals surface area contributed by atoms with Gasteiger partial charge < -0.3 is 14.6 Å². The van der Waals surface area contributed by atoms with Crippen LogP contribution in [-0.4, -0.2) is 18.2 Å². The van der Waals surface area contributed by atoms with E-state index in [9.17, 15) is 9.90 Å². The molecule has 0 amide bonds. The molecule has 1 N–H and O–H groups in total. The van der Waals surface area contributed by atoms with Gasteiger partial charge in [-0.1, -0.05) is 49.7 Å². The summed E-state index contributed by atoms with van der Waals surface area (Å²) in [5.41, 5.74) is 2.91. The molecule has 0 spiro atoms. The lowest BCUT2D eigenvalue weighted by molar-refractivity contribution is -0.130. The normalized spacial score (nSPS) is 11.2. The Balaban J connectivity index is 1.75. The van der Waals surface area contributed by atoms with Gasteiger partial charge in [-0.05, 0) is 65.6 Å². The Morgan fingerprint density at radius 1 is 0.862 bits per heavy atom. The molecule has 0 bridgehead atoms. The van der Waals surface area contributed by atoms with Crippen molar-refractivity contribution in [3.63, 3.8) is 0 Å². The van der Waals surface area contributed by atoms with Crippen molar-refractivity contribution in [2.24, 2.45) is 0 Å². The Morgan fingerprint density at radius 3 is 1.93 bits per heavy atom. The van der Waals surface area contributed by atoms with Crippen LogP contribution in [0.15, 0.2) is 72.8 Å². The van der Waals surface area contributed by atoms with E-state index >= 15 is 0 Å². The van der Waals surface area contributed by atoms with E-state index in [1.54, 1.807) is 37.5 Å². The van der Waals surface area contributed by atoms with Crippen LogP contribution in [0.1, 0.15) is 30.0 Å². The van der Waals surface area contributed by atoms with Crippen molar-refractivity contribution >= 4 is 17.6 Å². The van der Waals surface area contributed by atoms with E-state index in [1.807, 2.05) is 36.4 Å². The Labute approximate surface area is 171 Å². The van der Waals surface area contributed by atoms with Crippen molar-refractivity contribution in [1.29, 1.82) is 0 Å². The van der Waals surface area contributed by atoms with Crippen LogP contribution >= 0.6 is 0 Å². The van der Waals surface area contributed by atoms with Crippen molar-refractivity contribution in [3.8, 4) is 17.2 Å². The molecule has 0 atom stereocenters. The number of carboxylic acid groups (broad SMARTS) is 1. The minimum absolute atomic E-state index is 0.216. The summed E-state index contributed by atoms with van der Waals surface area (Å²) in [7, 11) is 1.58. The third-order valence-electron chi connectivity index (χ3n) is 4.52. The summed E-state index contributed by atoms with van der Waals surface area (Å²) in [6.07, 6.45) is 3.82. The standard InChI is InChI=1S/C25H24O4/c1-3-4-18-5-11-22(12-6-18)29-23-13-7-19(8-14-23)17-24(25(26)27)20-9-15-21(28-2)16-10-20/h5-17H,3-4H2,1-2H3,(H,26,27)/b24-17+. The summed E-state index contributed by atoms with van der Waals surface area (Å²) >= 11 is 0. The number of aryl methyl sites for hydroxylation is 1. The Morgan fingerprint density at radius 2 is 1.41 bits per heavy atom. The number of aliphatic carboxylic acids is 1. The molecule has 0 unspecified atom stereocenters. The molecule has 0 aliphatic carbocycles. The molecule has 4 nitrogen and oxygen atoms in total. The largest absolute Gasteiger partial charge is 0.497 e. The Hall–Kier alpha value is -3.53. The first kappa shape index (κ1) is 20.2. The molecule has 0 fully saturated rings. The molecule has 0 radical (unpaired) electrons. The molecular weight excluding hydrogens is 364 g/mol. The predicted molar refractivity (Wildman–Crippen MR) is 115 cm³/mol. The number of benzene rings is 3. The molecule has 0 aromatic heterocycles. The number of rotatable bonds is 8. The number of hydrogen-bond acceptors (Lipinski definition) is 3. The van der Waals surface area contributed by atoms with E-state index in [4.69, 9.17) is 9.47 Å². The van der Waals surface area contributed by atoms with Gasteiger partial charge in [0.05, 0.1) is 12.7 Å². The van der Waals surface area contributed by atoms with E-state index in [0.29, 0.717) is 17.1 Å². The van der Waals surface area contributed by atoms with Gasteiger partial charge in [-0.3, -0.25) is 0 Å². The van der Waals surface area contributed by atoms with Crippen LogP contribution in [0.3, 0.4) is 0 Å². The zero-order chi connectivity index (χ0) is 20.6. The first-order chi connectivity index (χ1) is 14.1. The lowest BCUT2D eigenvalue weighted by Crippen LogP contribution is -1.99. The van der Waals surface area contributed by atoms with E-state index < -0.39 is 5.97 Å². The van der Waals surface area contributed by atoms with Crippen LogP contribution in [0, 0.1) is 0 Å². The van der Waals surface area contributed by atoms with E-state index in [-0.39, 0.29) is 5.57 Å². The highest BCUT2D eigenvalue weighted by atomic mass is 16.5. The molecule has 3 rings (SSSR count). The van der Waals surface area contributed by atoms with E-state index in [1.165, 1.54) is 5.56 Å². The zero-order valence-electron chi connectivity index (χ0n) is 16.6. The third kappa shape index (κ3) is 5.48. The predicted octanol–water partition coefficient (Wildman–Crippen LogP) is 6.07. The summed E-state index contributed by atoms with van der Waals surface area (Å²) in [6.45, 7) is 2.16. The molecule has 3 aromatic carbocycles. The van der Waals surface area contributed by atoms with Gasteiger partial charge in [0, 0.05) is 0 Å². The second kappa shape index (κ2) is 9.60. The van der Waals surface area contributed by atoms with Crippen molar-refractivity contribution < 1.29 is 19.4 Å². The minimum Gasteiger partial charge on any atom is -0.497 e. The molecule has 0 heterocycles. The highest BCUT2D eigenvalue weighted by Gasteiger charge is 2.11. The molecule has 0 saturated heterocycles. The Kier molecular flexibility index (Phi) is 6.69. The van der Waals surface area contributed by atoms with Gasteiger partial charge in [-0.15, -0.1) is 0 Å². The molecule has 3 aromatic rings. The summed E-state index contributed by atoms with van der Waals surface area (Å²) < 4.78 is 11.0. The van der Waals surface area contributed by atoms with Gasteiger partial charge in [0.15, 0.2) is 0 Å². The average Bonchev–Trinajstić information content (AvgIpc) is 2.75. The molecular formula is C25H24O4. The first-order valence-corrected chi connectivity index (χ1v) is 9.55. The fourth-order valence-electron chi connectivity index (χ4n) is 2.99. The first-order valence-electron chi connectivity index (χ1n) is 9.55. The summed E-state index contributed by atoms with van der Waals surface area (Å²) in [5.74, 6) is 1.18. The summed E-state index contributed by atoms with van der Waals surface area (Å²) in [4.78, 5) is 11.7. The number of hydrogen-bond donors (Lipinski definition) is 1. The highest BCUT2D eigenvalue weighted by Crippen LogP contribution is 2.25. The van der Waals surface area contributed by atoms with Crippen LogP contribution in [0.5, 0.6) is 17.2 Å². The molecule has 0 aliphatic heterocycles. The number of methoxy groups -OCH3 is 1.